The maximum absolute atomic E-state index is 12.0. The molecular weight excluding hydrogens is 289 g/mol. The number of carboxylic acids is 1. The summed E-state index contributed by atoms with van der Waals surface area (Å²) >= 11 is 0. The highest BCUT2D eigenvalue weighted by molar-refractivity contribution is 7.87. The molecule has 1 aliphatic heterocycles. The summed E-state index contributed by atoms with van der Waals surface area (Å²) in [6, 6.07) is -1.32. The van der Waals surface area contributed by atoms with Crippen molar-refractivity contribution >= 4 is 16.2 Å². The fourth-order valence-corrected chi connectivity index (χ4v) is 3.26. The van der Waals surface area contributed by atoms with Crippen LogP contribution in [0.4, 0.5) is 13.2 Å². The van der Waals surface area contributed by atoms with Gasteiger partial charge in [-0.1, -0.05) is 6.92 Å². The van der Waals surface area contributed by atoms with Crippen molar-refractivity contribution in [2.75, 3.05) is 13.1 Å². The lowest BCUT2D eigenvalue weighted by Gasteiger charge is -2.34. The van der Waals surface area contributed by atoms with Crippen LogP contribution in [0.15, 0.2) is 0 Å². The zero-order valence-corrected chi connectivity index (χ0v) is 11.0. The van der Waals surface area contributed by atoms with Gasteiger partial charge in [-0.2, -0.15) is 30.6 Å². The Hall–Kier alpha value is -0.870. The highest BCUT2D eigenvalue weighted by Gasteiger charge is 2.40. The molecule has 1 rings (SSSR count). The SMILES string of the molecule is CC1CCN(S(=O)(=O)NCC(F)(F)F)C(C(=O)O)C1. The number of halogens is 3. The van der Waals surface area contributed by atoms with Crippen LogP contribution in [-0.4, -0.2) is 49.1 Å². The van der Waals surface area contributed by atoms with Gasteiger partial charge in [0.15, 0.2) is 0 Å². The van der Waals surface area contributed by atoms with Crippen LogP contribution in [-0.2, 0) is 15.0 Å². The first-order valence-corrected chi connectivity index (χ1v) is 7.03. The second-order valence-corrected chi connectivity index (χ2v) is 6.24. The van der Waals surface area contributed by atoms with Crippen molar-refractivity contribution in [2.45, 2.75) is 32.0 Å². The van der Waals surface area contributed by atoms with E-state index in [-0.39, 0.29) is 18.9 Å². The number of aliphatic carboxylic acids is 1. The number of piperidine rings is 1. The van der Waals surface area contributed by atoms with Gasteiger partial charge < -0.3 is 5.11 Å². The summed E-state index contributed by atoms with van der Waals surface area (Å²) in [6.07, 6.45) is -4.19. The van der Waals surface area contributed by atoms with Crippen molar-refractivity contribution in [3.05, 3.63) is 0 Å². The molecule has 1 fully saturated rings. The van der Waals surface area contributed by atoms with E-state index >= 15 is 0 Å². The minimum atomic E-state index is -4.69. The normalized spacial score (nSPS) is 26.3. The average Bonchev–Trinajstić information content (AvgIpc) is 2.25. The van der Waals surface area contributed by atoms with Gasteiger partial charge in [0.25, 0.3) is 10.2 Å². The van der Waals surface area contributed by atoms with Crippen LogP contribution < -0.4 is 4.72 Å². The second kappa shape index (κ2) is 5.63. The summed E-state index contributed by atoms with van der Waals surface area (Å²) in [7, 11) is -4.45. The summed E-state index contributed by atoms with van der Waals surface area (Å²) in [5.74, 6) is -1.35. The number of hydrogen-bond acceptors (Lipinski definition) is 3. The highest BCUT2D eigenvalue weighted by atomic mass is 32.2. The summed E-state index contributed by atoms with van der Waals surface area (Å²) in [6.45, 7) is -0.0535. The lowest BCUT2D eigenvalue weighted by Crippen LogP contribution is -2.54. The van der Waals surface area contributed by atoms with E-state index in [0.29, 0.717) is 10.7 Å². The molecule has 0 bridgehead atoms. The number of rotatable bonds is 4. The van der Waals surface area contributed by atoms with E-state index in [1.807, 2.05) is 0 Å². The Morgan fingerprint density at radius 2 is 2.05 bits per heavy atom. The highest BCUT2D eigenvalue weighted by Crippen LogP contribution is 2.25. The molecule has 0 aromatic carbocycles. The molecule has 2 atom stereocenters. The molecule has 1 saturated heterocycles. The van der Waals surface area contributed by atoms with Crippen LogP contribution in [0.5, 0.6) is 0 Å². The molecule has 1 heterocycles. The molecule has 6 nitrogen and oxygen atoms in total. The molecule has 0 spiro atoms. The monoisotopic (exact) mass is 304 g/mol. The number of nitrogens with one attached hydrogen (secondary N) is 1. The molecule has 10 heteroatoms. The largest absolute Gasteiger partial charge is 0.480 e. The first-order chi connectivity index (χ1) is 8.53. The molecule has 0 aliphatic carbocycles. The van der Waals surface area contributed by atoms with Crippen LogP contribution in [0.25, 0.3) is 0 Å². The standard InChI is InChI=1S/C9H15F3N2O4S/c1-6-2-3-14(7(4-6)8(15)16)19(17,18)13-5-9(10,11)12/h6-7,13H,2-5H2,1H3,(H,15,16). The van der Waals surface area contributed by atoms with Crippen LogP contribution in [0.1, 0.15) is 19.8 Å². The van der Waals surface area contributed by atoms with Crippen molar-refractivity contribution in [3.8, 4) is 0 Å². The van der Waals surface area contributed by atoms with Gasteiger partial charge in [0.05, 0.1) is 0 Å². The number of alkyl halides is 3. The van der Waals surface area contributed by atoms with E-state index in [4.69, 9.17) is 5.11 Å². The van der Waals surface area contributed by atoms with E-state index in [0.717, 1.165) is 0 Å². The van der Waals surface area contributed by atoms with E-state index < -0.39 is 34.9 Å². The van der Waals surface area contributed by atoms with Crippen LogP contribution >= 0.6 is 0 Å². The van der Waals surface area contributed by atoms with Crippen molar-refractivity contribution in [2.24, 2.45) is 5.92 Å². The van der Waals surface area contributed by atoms with Crippen molar-refractivity contribution in [1.82, 2.24) is 9.03 Å². The fraction of sp³-hybridized carbons (Fsp3) is 0.889. The first kappa shape index (κ1) is 16.2. The summed E-state index contributed by atoms with van der Waals surface area (Å²) < 4.78 is 61.4. The fourth-order valence-electron chi connectivity index (χ4n) is 1.89. The van der Waals surface area contributed by atoms with Gasteiger partial charge in [0.1, 0.15) is 12.6 Å². The average molecular weight is 304 g/mol. The molecule has 0 amide bonds. The second-order valence-electron chi connectivity index (χ2n) is 4.54. The Balaban J connectivity index is 2.83. The molecule has 0 saturated carbocycles. The summed E-state index contributed by atoms with van der Waals surface area (Å²) in [5.41, 5.74) is 0. The van der Waals surface area contributed by atoms with Gasteiger partial charge in [0, 0.05) is 6.54 Å². The number of carbonyl (C=O) groups is 1. The Labute approximate surface area is 108 Å². The first-order valence-electron chi connectivity index (χ1n) is 5.59. The maximum Gasteiger partial charge on any atom is 0.402 e. The summed E-state index contributed by atoms with van der Waals surface area (Å²) in [5, 5.41) is 8.96. The lowest BCUT2D eigenvalue weighted by atomic mass is 9.94. The maximum atomic E-state index is 12.0. The van der Waals surface area contributed by atoms with Crippen molar-refractivity contribution in [1.29, 1.82) is 0 Å². The van der Waals surface area contributed by atoms with Crippen LogP contribution in [0.3, 0.4) is 0 Å². The van der Waals surface area contributed by atoms with Crippen LogP contribution in [0, 0.1) is 5.92 Å². The third kappa shape index (κ3) is 4.62. The predicted octanol–water partition coefficient (Wildman–Crippen LogP) is 0.568. The Kier molecular flexibility index (Phi) is 4.80. The molecule has 0 radical (unpaired) electrons. The van der Waals surface area contributed by atoms with Gasteiger partial charge in [-0.25, -0.2) is 0 Å². The molecule has 1 aliphatic rings. The van der Waals surface area contributed by atoms with E-state index in [1.54, 1.807) is 6.92 Å². The van der Waals surface area contributed by atoms with Gasteiger partial charge in [0.2, 0.25) is 0 Å². The zero-order valence-electron chi connectivity index (χ0n) is 10.1. The molecular formula is C9H15F3N2O4S. The minimum absolute atomic E-state index is 0.00941. The van der Waals surface area contributed by atoms with Gasteiger partial charge >= 0.3 is 12.1 Å². The Morgan fingerprint density at radius 3 is 2.53 bits per heavy atom. The minimum Gasteiger partial charge on any atom is -0.480 e. The molecule has 2 unspecified atom stereocenters. The predicted molar refractivity (Wildman–Crippen MR) is 59.5 cm³/mol. The van der Waals surface area contributed by atoms with E-state index in [9.17, 15) is 26.4 Å². The van der Waals surface area contributed by atoms with Gasteiger partial charge in [-0.05, 0) is 18.8 Å². The molecule has 0 aromatic rings. The van der Waals surface area contributed by atoms with Gasteiger partial charge in [-0.15, -0.1) is 0 Å². The number of hydrogen-bond donors (Lipinski definition) is 2. The smallest absolute Gasteiger partial charge is 0.402 e. The quantitative estimate of drug-likeness (QED) is 0.795. The Bertz CT molecular complexity index is 437. The van der Waals surface area contributed by atoms with E-state index in [1.165, 1.54) is 4.72 Å². The number of nitrogens with zero attached hydrogens (tertiary/aromatic N) is 1. The van der Waals surface area contributed by atoms with Crippen molar-refractivity contribution < 1.29 is 31.5 Å². The van der Waals surface area contributed by atoms with E-state index in [2.05, 4.69) is 0 Å². The van der Waals surface area contributed by atoms with Gasteiger partial charge in [-0.3, -0.25) is 4.79 Å². The van der Waals surface area contributed by atoms with Crippen molar-refractivity contribution in [3.63, 3.8) is 0 Å². The number of carboxylic acid groups (broad SMARTS) is 1. The zero-order chi connectivity index (χ0) is 14.8. The van der Waals surface area contributed by atoms with Crippen LogP contribution in [0.2, 0.25) is 0 Å². The lowest BCUT2D eigenvalue weighted by molar-refractivity contribution is -0.143. The third-order valence-electron chi connectivity index (χ3n) is 2.86. The Morgan fingerprint density at radius 1 is 1.47 bits per heavy atom. The molecule has 112 valence electrons. The molecule has 19 heavy (non-hydrogen) atoms. The third-order valence-corrected chi connectivity index (χ3v) is 4.43. The topological polar surface area (TPSA) is 86.7 Å². The molecule has 0 aromatic heterocycles. The molecule has 2 N–H and O–H groups in total. The summed E-state index contributed by atoms with van der Waals surface area (Å²) in [4.78, 5) is 11.0.